The Morgan fingerprint density at radius 1 is 1.47 bits per heavy atom. The molecule has 2 aromatic heterocycles. The Morgan fingerprint density at radius 2 is 2.27 bits per heavy atom. The molecule has 2 rings (SSSR count). The molecule has 0 unspecified atom stereocenters. The molecule has 1 amide bonds. The van der Waals surface area contributed by atoms with E-state index in [9.17, 15) is 4.79 Å². The van der Waals surface area contributed by atoms with Gasteiger partial charge in [0.25, 0.3) is 5.91 Å². The number of aromatic nitrogens is 3. The van der Waals surface area contributed by atoms with Gasteiger partial charge in [-0.3, -0.25) is 4.79 Å². The van der Waals surface area contributed by atoms with Gasteiger partial charge in [-0.25, -0.2) is 9.97 Å². The summed E-state index contributed by atoms with van der Waals surface area (Å²) in [5.41, 5.74) is 7.45. The first kappa shape index (κ1) is 9.39. The molecule has 0 atom stereocenters. The number of rotatable bonds is 2. The number of nitrogens with zero attached hydrogens (tertiary/aromatic N) is 2. The van der Waals surface area contributed by atoms with Crippen LogP contribution in [0.2, 0.25) is 0 Å². The van der Waals surface area contributed by atoms with Gasteiger partial charge in [0.05, 0.1) is 5.69 Å². The molecule has 0 fully saturated rings. The molecule has 0 aliphatic heterocycles. The Hall–Kier alpha value is -2.17. The van der Waals surface area contributed by atoms with Gasteiger partial charge in [-0.15, -0.1) is 0 Å². The molecule has 5 nitrogen and oxygen atoms in total. The number of H-pyrrole nitrogens is 1. The molecule has 2 aromatic rings. The number of aryl methyl sites for hydroxylation is 1. The predicted octanol–water partition coefficient (Wildman–Crippen LogP) is 0.879. The van der Waals surface area contributed by atoms with E-state index in [0.29, 0.717) is 5.69 Å². The highest BCUT2D eigenvalue weighted by Gasteiger charge is 2.08. The molecule has 5 heteroatoms. The minimum Gasteiger partial charge on any atom is -0.367 e. The van der Waals surface area contributed by atoms with Crippen molar-refractivity contribution < 1.29 is 4.79 Å². The number of nitrogens with two attached hydrogens (primary N) is 1. The maximum Gasteiger partial charge on any atom is 0.286 e. The summed E-state index contributed by atoms with van der Waals surface area (Å²) in [5.74, 6) is -0.568. The summed E-state index contributed by atoms with van der Waals surface area (Å²) >= 11 is 0. The molecule has 0 radical (unpaired) electrons. The van der Waals surface area contributed by atoms with E-state index < -0.39 is 5.91 Å². The largest absolute Gasteiger partial charge is 0.367 e. The van der Waals surface area contributed by atoms with Gasteiger partial charge >= 0.3 is 0 Å². The molecule has 0 aromatic carbocycles. The molecule has 0 bridgehead atoms. The number of primary amides is 1. The zero-order valence-corrected chi connectivity index (χ0v) is 8.19. The fraction of sp³-hybridized carbons (Fsp3) is 0.100. The molecule has 0 spiro atoms. The highest BCUT2D eigenvalue weighted by Crippen LogP contribution is 2.16. The third kappa shape index (κ3) is 1.85. The zero-order valence-electron chi connectivity index (χ0n) is 8.19. The summed E-state index contributed by atoms with van der Waals surface area (Å²) in [7, 11) is 0. The molecule has 2 heterocycles. The SMILES string of the molecule is Cc1cc(-c2cc[nH]c2)nc(C(N)=O)n1. The average molecular weight is 202 g/mol. The lowest BCUT2D eigenvalue weighted by Gasteiger charge is -2.01. The molecular formula is C10H10N4O. The summed E-state index contributed by atoms with van der Waals surface area (Å²) < 4.78 is 0. The van der Waals surface area contributed by atoms with Crippen LogP contribution in [0.4, 0.5) is 0 Å². The molecular weight excluding hydrogens is 192 g/mol. The average Bonchev–Trinajstić information content (AvgIpc) is 2.69. The smallest absolute Gasteiger partial charge is 0.286 e. The van der Waals surface area contributed by atoms with Gasteiger partial charge in [0.2, 0.25) is 5.82 Å². The Labute approximate surface area is 86.4 Å². The van der Waals surface area contributed by atoms with Gasteiger partial charge in [-0.05, 0) is 19.1 Å². The minimum atomic E-state index is -0.615. The van der Waals surface area contributed by atoms with Crippen molar-refractivity contribution in [2.45, 2.75) is 6.92 Å². The molecule has 0 aliphatic carbocycles. The van der Waals surface area contributed by atoms with Crippen molar-refractivity contribution in [3.8, 4) is 11.3 Å². The van der Waals surface area contributed by atoms with Crippen LogP contribution in [0.5, 0.6) is 0 Å². The second-order valence-electron chi connectivity index (χ2n) is 3.18. The Kier molecular flexibility index (Phi) is 2.21. The fourth-order valence-corrected chi connectivity index (χ4v) is 1.31. The molecule has 3 N–H and O–H groups in total. The van der Waals surface area contributed by atoms with Gasteiger partial charge < -0.3 is 10.7 Å². The van der Waals surface area contributed by atoms with Crippen molar-refractivity contribution in [1.82, 2.24) is 15.0 Å². The van der Waals surface area contributed by atoms with E-state index in [1.807, 2.05) is 6.07 Å². The van der Waals surface area contributed by atoms with Gasteiger partial charge in [0.1, 0.15) is 0 Å². The number of nitrogens with one attached hydrogen (secondary N) is 1. The second kappa shape index (κ2) is 3.53. The third-order valence-electron chi connectivity index (χ3n) is 1.97. The highest BCUT2D eigenvalue weighted by atomic mass is 16.1. The fourth-order valence-electron chi connectivity index (χ4n) is 1.31. The topological polar surface area (TPSA) is 84.7 Å². The monoisotopic (exact) mass is 202 g/mol. The number of carbonyl (C=O) groups is 1. The quantitative estimate of drug-likeness (QED) is 0.758. The first-order valence-corrected chi connectivity index (χ1v) is 4.45. The normalized spacial score (nSPS) is 10.2. The van der Waals surface area contributed by atoms with Crippen molar-refractivity contribution in [3.63, 3.8) is 0 Å². The highest BCUT2D eigenvalue weighted by molar-refractivity contribution is 5.89. The van der Waals surface area contributed by atoms with Crippen LogP contribution < -0.4 is 5.73 Å². The van der Waals surface area contributed by atoms with Crippen molar-refractivity contribution >= 4 is 5.91 Å². The predicted molar refractivity (Wildman–Crippen MR) is 55.1 cm³/mol. The summed E-state index contributed by atoms with van der Waals surface area (Å²) in [6.45, 7) is 1.80. The summed E-state index contributed by atoms with van der Waals surface area (Å²) in [4.78, 5) is 21.9. The Bertz CT molecular complexity index is 490. The first-order valence-electron chi connectivity index (χ1n) is 4.45. The van der Waals surface area contributed by atoms with Crippen molar-refractivity contribution in [2.24, 2.45) is 5.73 Å². The van der Waals surface area contributed by atoms with E-state index in [2.05, 4.69) is 15.0 Å². The Morgan fingerprint density at radius 3 is 2.87 bits per heavy atom. The lowest BCUT2D eigenvalue weighted by Crippen LogP contribution is -2.16. The number of hydrogen-bond donors (Lipinski definition) is 2. The van der Waals surface area contributed by atoms with Crippen molar-refractivity contribution in [2.75, 3.05) is 0 Å². The van der Waals surface area contributed by atoms with E-state index in [1.165, 1.54) is 0 Å². The number of aromatic amines is 1. The minimum absolute atomic E-state index is 0.0474. The van der Waals surface area contributed by atoms with E-state index in [4.69, 9.17) is 5.73 Å². The van der Waals surface area contributed by atoms with E-state index in [1.54, 1.807) is 25.4 Å². The van der Waals surface area contributed by atoms with Gasteiger partial charge in [-0.2, -0.15) is 0 Å². The van der Waals surface area contributed by atoms with Gasteiger partial charge in [0.15, 0.2) is 0 Å². The van der Waals surface area contributed by atoms with Crippen LogP contribution in [0.1, 0.15) is 16.3 Å². The molecule has 76 valence electrons. The number of hydrogen-bond acceptors (Lipinski definition) is 3. The van der Waals surface area contributed by atoms with Gasteiger partial charge in [-0.1, -0.05) is 0 Å². The Balaban J connectivity index is 2.54. The van der Waals surface area contributed by atoms with Crippen molar-refractivity contribution in [3.05, 3.63) is 36.0 Å². The third-order valence-corrected chi connectivity index (χ3v) is 1.97. The zero-order chi connectivity index (χ0) is 10.8. The molecule has 0 saturated heterocycles. The standard InChI is InChI=1S/C10H10N4O/c1-6-4-8(7-2-3-12-5-7)14-10(13-6)9(11)15/h2-5,12H,1H3,(H2,11,15). The van der Waals surface area contributed by atoms with E-state index in [-0.39, 0.29) is 5.82 Å². The lowest BCUT2D eigenvalue weighted by atomic mass is 10.2. The van der Waals surface area contributed by atoms with Crippen LogP contribution in [0, 0.1) is 6.92 Å². The molecule has 0 aliphatic rings. The van der Waals surface area contributed by atoms with Crippen LogP contribution in [-0.2, 0) is 0 Å². The van der Waals surface area contributed by atoms with E-state index in [0.717, 1.165) is 11.3 Å². The first-order chi connectivity index (χ1) is 7.16. The van der Waals surface area contributed by atoms with Crippen LogP contribution >= 0.6 is 0 Å². The van der Waals surface area contributed by atoms with Gasteiger partial charge in [0, 0.05) is 23.7 Å². The van der Waals surface area contributed by atoms with E-state index >= 15 is 0 Å². The van der Waals surface area contributed by atoms with Crippen molar-refractivity contribution in [1.29, 1.82) is 0 Å². The maximum absolute atomic E-state index is 11.0. The summed E-state index contributed by atoms with van der Waals surface area (Å²) in [6, 6.07) is 3.67. The second-order valence-corrected chi connectivity index (χ2v) is 3.18. The maximum atomic E-state index is 11.0. The van der Waals surface area contributed by atoms with Crippen LogP contribution in [-0.4, -0.2) is 20.9 Å². The molecule has 0 saturated carbocycles. The summed E-state index contributed by atoms with van der Waals surface area (Å²) in [6.07, 6.45) is 3.59. The lowest BCUT2D eigenvalue weighted by molar-refractivity contribution is 0.0990. The number of carbonyl (C=O) groups excluding carboxylic acids is 1. The molecule has 15 heavy (non-hydrogen) atoms. The van der Waals surface area contributed by atoms with Crippen LogP contribution in [0.25, 0.3) is 11.3 Å². The summed E-state index contributed by atoms with van der Waals surface area (Å²) in [5, 5.41) is 0. The van der Waals surface area contributed by atoms with Crippen LogP contribution in [0.15, 0.2) is 24.5 Å². The number of amides is 1. The van der Waals surface area contributed by atoms with Crippen LogP contribution in [0.3, 0.4) is 0 Å².